The summed E-state index contributed by atoms with van der Waals surface area (Å²) in [6, 6.07) is 12.7. The van der Waals surface area contributed by atoms with Gasteiger partial charge in [0.1, 0.15) is 5.75 Å². The topological polar surface area (TPSA) is 93.7 Å². The fourth-order valence-electron chi connectivity index (χ4n) is 2.75. The van der Waals surface area contributed by atoms with Crippen molar-refractivity contribution in [1.29, 1.82) is 0 Å². The van der Waals surface area contributed by atoms with Crippen LogP contribution in [0.15, 0.2) is 53.4 Å². The number of sulfonamides is 1. The smallest absolute Gasteiger partial charge is 0.255 e. The molecule has 1 heterocycles. The van der Waals surface area contributed by atoms with Crippen molar-refractivity contribution in [2.75, 3.05) is 25.6 Å². The number of amides is 1. The molecule has 8 heteroatoms. The molecule has 1 saturated heterocycles. The zero-order valence-electron chi connectivity index (χ0n) is 15.0. The van der Waals surface area contributed by atoms with E-state index in [0.29, 0.717) is 23.6 Å². The predicted octanol–water partition coefficient (Wildman–Crippen LogP) is 2.40. The van der Waals surface area contributed by atoms with Gasteiger partial charge in [0.25, 0.3) is 5.91 Å². The number of carbonyl (C=O) groups excluding carboxylic acids is 1. The van der Waals surface area contributed by atoms with Gasteiger partial charge < -0.3 is 14.8 Å². The summed E-state index contributed by atoms with van der Waals surface area (Å²) in [5.74, 6) is 0.370. The molecule has 1 aliphatic heterocycles. The predicted molar refractivity (Wildman–Crippen MR) is 102 cm³/mol. The molecule has 2 aromatic carbocycles. The van der Waals surface area contributed by atoms with E-state index in [1.54, 1.807) is 31.4 Å². The van der Waals surface area contributed by atoms with Crippen molar-refractivity contribution in [1.82, 2.24) is 4.72 Å². The van der Waals surface area contributed by atoms with E-state index in [4.69, 9.17) is 9.47 Å². The third-order valence-corrected chi connectivity index (χ3v) is 5.74. The summed E-state index contributed by atoms with van der Waals surface area (Å²) >= 11 is 0. The number of methoxy groups -OCH3 is 1. The lowest BCUT2D eigenvalue weighted by atomic mass is 10.2. The van der Waals surface area contributed by atoms with Crippen molar-refractivity contribution >= 4 is 21.6 Å². The number of benzene rings is 2. The van der Waals surface area contributed by atoms with Gasteiger partial charge in [0.05, 0.1) is 18.1 Å². The van der Waals surface area contributed by atoms with E-state index < -0.39 is 10.0 Å². The van der Waals surface area contributed by atoms with Crippen LogP contribution in [-0.2, 0) is 14.8 Å². The summed E-state index contributed by atoms with van der Waals surface area (Å²) in [5, 5.41) is 2.75. The number of nitrogens with one attached hydrogen (secondary N) is 2. The average Bonchev–Trinajstić information content (AvgIpc) is 3.21. The van der Waals surface area contributed by atoms with Crippen molar-refractivity contribution in [2.24, 2.45) is 0 Å². The van der Waals surface area contributed by atoms with Crippen LogP contribution < -0.4 is 14.8 Å². The molecule has 0 bridgehead atoms. The molecule has 2 N–H and O–H groups in total. The van der Waals surface area contributed by atoms with Gasteiger partial charge in [-0.15, -0.1) is 0 Å². The Balaban J connectivity index is 1.61. The zero-order valence-corrected chi connectivity index (χ0v) is 15.8. The maximum Gasteiger partial charge on any atom is 0.255 e. The van der Waals surface area contributed by atoms with Gasteiger partial charge in [-0.1, -0.05) is 0 Å². The van der Waals surface area contributed by atoms with Crippen LogP contribution in [0.1, 0.15) is 23.2 Å². The Morgan fingerprint density at radius 3 is 2.44 bits per heavy atom. The first kappa shape index (κ1) is 19.3. The van der Waals surface area contributed by atoms with E-state index in [1.807, 2.05) is 0 Å². The van der Waals surface area contributed by atoms with Crippen molar-refractivity contribution in [3.8, 4) is 5.75 Å². The minimum atomic E-state index is -3.63. The molecule has 1 unspecified atom stereocenters. The SMILES string of the molecule is COc1ccc(NC(=O)c2ccc(S(=O)(=O)NCC3CCCO3)cc2)cc1. The monoisotopic (exact) mass is 390 g/mol. The molecule has 0 aliphatic carbocycles. The Morgan fingerprint density at radius 1 is 1.15 bits per heavy atom. The summed E-state index contributed by atoms with van der Waals surface area (Å²) in [6.07, 6.45) is 1.73. The van der Waals surface area contributed by atoms with Gasteiger partial charge in [-0.2, -0.15) is 0 Å². The second kappa shape index (κ2) is 8.51. The maximum absolute atomic E-state index is 12.3. The number of hydrogen-bond donors (Lipinski definition) is 2. The molecular weight excluding hydrogens is 368 g/mol. The van der Waals surface area contributed by atoms with Gasteiger partial charge in [0.15, 0.2) is 0 Å². The number of ether oxygens (including phenoxy) is 2. The lowest BCUT2D eigenvalue weighted by molar-refractivity contribution is 0.102. The minimum Gasteiger partial charge on any atom is -0.497 e. The molecule has 1 fully saturated rings. The molecule has 0 radical (unpaired) electrons. The summed E-state index contributed by atoms with van der Waals surface area (Å²) in [7, 11) is -2.06. The van der Waals surface area contributed by atoms with Gasteiger partial charge >= 0.3 is 0 Å². The van der Waals surface area contributed by atoms with Gasteiger partial charge in [-0.05, 0) is 61.4 Å². The molecule has 144 valence electrons. The largest absolute Gasteiger partial charge is 0.497 e. The molecule has 7 nitrogen and oxygen atoms in total. The van der Waals surface area contributed by atoms with Crippen LogP contribution in [0.4, 0.5) is 5.69 Å². The summed E-state index contributed by atoms with van der Waals surface area (Å²) < 4.78 is 37.7. The van der Waals surface area contributed by atoms with Crippen LogP contribution in [0.2, 0.25) is 0 Å². The van der Waals surface area contributed by atoms with E-state index in [9.17, 15) is 13.2 Å². The van der Waals surface area contributed by atoms with E-state index >= 15 is 0 Å². The second-order valence-electron chi connectivity index (χ2n) is 6.19. The average molecular weight is 390 g/mol. The van der Waals surface area contributed by atoms with Crippen LogP contribution >= 0.6 is 0 Å². The Kier molecular flexibility index (Phi) is 6.10. The molecule has 1 aliphatic rings. The van der Waals surface area contributed by atoms with Crippen molar-refractivity contribution in [2.45, 2.75) is 23.8 Å². The number of hydrogen-bond acceptors (Lipinski definition) is 5. The van der Waals surface area contributed by atoms with Crippen LogP contribution in [0.3, 0.4) is 0 Å². The normalized spacial score (nSPS) is 16.9. The van der Waals surface area contributed by atoms with Crippen LogP contribution in [0, 0.1) is 0 Å². The van der Waals surface area contributed by atoms with Crippen molar-refractivity contribution in [3.05, 3.63) is 54.1 Å². The summed E-state index contributed by atoms with van der Waals surface area (Å²) in [4.78, 5) is 12.4. The number of anilines is 1. The van der Waals surface area contributed by atoms with Gasteiger partial charge in [0, 0.05) is 24.4 Å². The third-order valence-electron chi connectivity index (χ3n) is 4.30. The Morgan fingerprint density at radius 2 is 1.85 bits per heavy atom. The fraction of sp³-hybridized carbons (Fsp3) is 0.316. The summed E-state index contributed by atoms with van der Waals surface area (Å²) in [5.41, 5.74) is 0.986. The first-order valence-corrected chi connectivity index (χ1v) is 10.1. The van der Waals surface area contributed by atoms with Gasteiger partial charge in [-0.25, -0.2) is 13.1 Å². The third kappa shape index (κ3) is 5.06. The molecular formula is C19H22N2O5S. The standard InChI is InChI=1S/C19H22N2O5S/c1-25-16-8-6-15(7-9-16)21-19(22)14-4-10-18(11-5-14)27(23,24)20-13-17-3-2-12-26-17/h4-11,17,20H,2-3,12-13H2,1H3,(H,21,22). The number of carbonyl (C=O) groups is 1. The highest BCUT2D eigenvalue weighted by molar-refractivity contribution is 7.89. The Labute approximate surface area is 158 Å². The van der Waals surface area contributed by atoms with Gasteiger partial charge in [0.2, 0.25) is 10.0 Å². The molecule has 3 rings (SSSR count). The van der Waals surface area contributed by atoms with Crippen molar-refractivity contribution < 1.29 is 22.7 Å². The Bertz CT molecular complexity index is 873. The maximum atomic E-state index is 12.3. The van der Waals surface area contributed by atoms with Crippen LogP contribution in [0.5, 0.6) is 5.75 Å². The molecule has 0 spiro atoms. The van der Waals surface area contributed by atoms with Crippen molar-refractivity contribution in [3.63, 3.8) is 0 Å². The lowest BCUT2D eigenvalue weighted by Crippen LogP contribution is -2.31. The lowest BCUT2D eigenvalue weighted by Gasteiger charge is -2.12. The van der Waals surface area contributed by atoms with E-state index in [2.05, 4.69) is 10.0 Å². The van der Waals surface area contributed by atoms with E-state index in [-0.39, 0.29) is 23.5 Å². The summed E-state index contributed by atoms with van der Waals surface area (Å²) in [6.45, 7) is 0.923. The zero-order chi connectivity index (χ0) is 19.3. The highest BCUT2D eigenvalue weighted by Crippen LogP contribution is 2.17. The van der Waals surface area contributed by atoms with E-state index in [0.717, 1.165) is 12.8 Å². The molecule has 2 aromatic rings. The Hall–Kier alpha value is -2.42. The molecule has 1 amide bonds. The van der Waals surface area contributed by atoms with E-state index in [1.165, 1.54) is 24.3 Å². The molecule has 1 atom stereocenters. The highest BCUT2D eigenvalue weighted by atomic mass is 32.2. The molecule has 27 heavy (non-hydrogen) atoms. The quantitative estimate of drug-likeness (QED) is 0.757. The molecule has 0 aromatic heterocycles. The first-order valence-electron chi connectivity index (χ1n) is 8.65. The second-order valence-corrected chi connectivity index (χ2v) is 7.96. The number of rotatable bonds is 7. The first-order chi connectivity index (χ1) is 13.0. The highest BCUT2D eigenvalue weighted by Gasteiger charge is 2.20. The van der Waals surface area contributed by atoms with Crippen LogP contribution in [-0.4, -0.2) is 40.7 Å². The van der Waals surface area contributed by atoms with Crippen LogP contribution in [0.25, 0.3) is 0 Å². The van der Waals surface area contributed by atoms with Gasteiger partial charge in [-0.3, -0.25) is 4.79 Å². The molecule has 0 saturated carbocycles. The fourth-order valence-corrected chi connectivity index (χ4v) is 3.82. The minimum absolute atomic E-state index is 0.0747.